The van der Waals surface area contributed by atoms with Gasteiger partial charge in [-0.1, -0.05) is 60.7 Å². The topological polar surface area (TPSA) is 38.9 Å². The maximum absolute atomic E-state index is 5.80. The maximum atomic E-state index is 5.80. The number of hydrogen-bond donors (Lipinski definition) is 0. The molecule has 1 aromatic heterocycles. The molecule has 0 saturated carbocycles. The van der Waals surface area contributed by atoms with Crippen molar-refractivity contribution in [2.24, 2.45) is 0 Å². The van der Waals surface area contributed by atoms with Gasteiger partial charge in [0.2, 0.25) is 11.8 Å². The average Bonchev–Trinajstić information content (AvgIpc) is 3.05. The van der Waals surface area contributed by atoms with Crippen LogP contribution >= 0.6 is 0 Å². The summed E-state index contributed by atoms with van der Waals surface area (Å²) in [6.45, 7) is 0. The molecule has 0 aliphatic rings. The molecule has 22 heavy (non-hydrogen) atoms. The average molecular weight is 286 g/mol. The van der Waals surface area contributed by atoms with Crippen molar-refractivity contribution in [3.63, 3.8) is 0 Å². The summed E-state index contributed by atoms with van der Waals surface area (Å²) in [4.78, 5) is 0. The molecule has 0 spiro atoms. The predicted octanol–water partition coefficient (Wildman–Crippen LogP) is 4.48. The van der Waals surface area contributed by atoms with Gasteiger partial charge in [-0.3, -0.25) is 0 Å². The van der Waals surface area contributed by atoms with Crippen LogP contribution in [0.5, 0.6) is 0 Å². The molecule has 3 nitrogen and oxygen atoms in total. The molecule has 3 aromatic carbocycles. The van der Waals surface area contributed by atoms with E-state index in [1.54, 1.807) is 0 Å². The van der Waals surface area contributed by atoms with Crippen molar-refractivity contribution < 1.29 is 4.42 Å². The van der Waals surface area contributed by atoms with Crippen molar-refractivity contribution >= 4 is 10.8 Å². The van der Waals surface area contributed by atoms with Crippen LogP contribution in [-0.4, -0.2) is 10.2 Å². The largest absolute Gasteiger partial charge is 0.420 e. The van der Waals surface area contributed by atoms with Crippen molar-refractivity contribution in [3.05, 3.63) is 84.3 Å². The molecule has 3 heteroatoms. The zero-order valence-corrected chi connectivity index (χ0v) is 11.9. The summed E-state index contributed by atoms with van der Waals surface area (Å²) in [7, 11) is 0. The van der Waals surface area contributed by atoms with E-state index in [1.807, 2.05) is 36.4 Å². The molecule has 0 atom stereocenters. The van der Waals surface area contributed by atoms with Crippen LogP contribution in [0, 0.1) is 0 Å². The molecular formula is C19H14N2O. The summed E-state index contributed by atoms with van der Waals surface area (Å²) in [5, 5.41) is 10.8. The Bertz CT molecular complexity index is 908. The van der Waals surface area contributed by atoms with Crippen molar-refractivity contribution in [1.82, 2.24) is 10.2 Å². The van der Waals surface area contributed by atoms with Crippen LogP contribution < -0.4 is 0 Å². The number of fused-ring (bicyclic) bond motifs is 1. The second-order valence-electron chi connectivity index (χ2n) is 5.18. The molecule has 4 rings (SSSR count). The Kier molecular flexibility index (Phi) is 3.16. The molecule has 0 fully saturated rings. The highest BCUT2D eigenvalue weighted by atomic mass is 16.4. The summed E-state index contributed by atoms with van der Waals surface area (Å²) in [5.74, 6) is 1.20. The van der Waals surface area contributed by atoms with Gasteiger partial charge in [-0.25, -0.2) is 0 Å². The van der Waals surface area contributed by atoms with E-state index in [2.05, 4.69) is 46.6 Å². The first kappa shape index (κ1) is 12.8. The van der Waals surface area contributed by atoms with Crippen LogP contribution in [0.2, 0.25) is 0 Å². The van der Waals surface area contributed by atoms with E-state index >= 15 is 0 Å². The monoisotopic (exact) mass is 286 g/mol. The third-order valence-corrected chi connectivity index (χ3v) is 3.71. The minimum Gasteiger partial charge on any atom is -0.420 e. The first-order valence-electron chi connectivity index (χ1n) is 7.24. The molecule has 0 aliphatic carbocycles. The van der Waals surface area contributed by atoms with E-state index in [0.717, 1.165) is 5.56 Å². The number of nitrogens with zero attached hydrogens (tertiary/aromatic N) is 2. The van der Waals surface area contributed by atoms with Crippen LogP contribution in [-0.2, 0) is 6.42 Å². The molecule has 1 heterocycles. The normalized spacial score (nSPS) is 10.9. The lowest BCUT2D eigenvalue weighted by Gasteiger charge is -2.03. The second kappa shape index (κ2) is 5.45. The zero-order chi connectivity index (χ0) is 14.8. The zero-order valence-electron chi connectivity index (χ0n) is 11.9. The lowest BCUT2D eigenvalue weighted by Crippen LogP contribution is -1.90. The Morgan fingerprint density at radius 1 is 0.727 bits per heavy atom. The minimum absolute atomic E-state index is 0.566. The molecule has 0 saturated heterocycles. The van der Waals surface area contributed by atoms with E-state index in [1.165, 1.54) is 16.3 Å². The molecule has 0 radical (unpaired) electrons. The first-order valence-corrected chi connectivity index (χ1v) is 7.24. The third kappa shape index (κ3) is 2.37. The smallest absolute Gasteiger partial charge is 0.247 e. The van der Waals surface area contributed by atoms with Gasteiger partial charge in [0.25, 0.3) is 0 Å². The summed E-state index contributed by atoms with van der Waals surface area (Å²) >= 11 is 0. The van der Waals surface area contributed by atoms with Gasteiger partial charge in [-0.05, 0) is 28.5 Å². The molecule has 106 valence electrons. The highest BCUT2D eigenvalue weighted by molar-refractivity contribution is 5.85. The first-order chi connectivity index (χ1) is 10.9. The third-order valence-electron chi connectivity index (χ3n) is 3.71. The van der Waals surface area contributed by atoms with Crippen LogP contribution in [0.1, 0.15) is 11.5 Å². The van der Waals surface area contributed by atoms with Crippen LogP contribution in [0.25, 0.3) is 22.2 Å². The number of hydrogen-bond acceptors (Lipinski definition) is 3. The van der Waals surface area contributed by atoms with Gasteiger partial charge in [-0.2, -0.15) is 0 Å². The molecule has 0 unspecified atom stereocenters. The Balaban J connectivity index is 1.68. The van der Waals surface area contributed by atoms with Crippen molar-refractivity contribution in [2.75, 3.05) is 0 Å². The quantitative estimate of drug-likeness (QED) is 0.557. The Labute approximate surface area is 128 Å². The fourth-order valence-corrected chi connectivity index (χ4v) is 2.63. The van der Waals surface area contributed by atoms with E-state index < -0.39 is 0 Å². The summed E-state index contributed by atoms with van der Waals surface area (Å²) in [5.41, 5.74) is 2.14. The maximum Gasteiger partial charge on any atom is 0.247 e. The summed E-state index contributed by atoms with van der Waals surface area (Å²) < 4.78 is 5.80. The van der Waals surface area contributed by atoms with Crippen LogP contribution in [0.3, 0.4) is 0 Å². The molecule has 4 aromatic rings. The van der Waals surface area contributed by atoms with Gasteiger partial charge in [0.1, 0.15) is 0 Å². The predicted molar refractivity (Wildman–Crippen MR) is 86.5 cm³/mol. The Morgan fingerprint density at radius 3 is 2.41 bits per heavy atom. The van der Waals surface area contributed by atoms with Crippen molar-refractivity contribution in [1.29, 1.82) is 0 Å². The molecule has 0 amide bonds. The number of benzene rings is 3. The highest BCUT2D eigenvalue weighted by Gasteiger charge is 2.10. The van der Waals surface area contributed by atoms with Gasteiger partial charge >= 0.3 is 0 Å². The second-order valence-corrected chi connectivity index (χ2v) is 5.18. The summed E-state index contributed by atoms with van der Waals surface area (Å²) in [6.07, 6.45) is 0.640. The Morgan fingerprint density at radius 2 is 1.50 bits per heavy atom. The minimum atomic E-state index is 0.566. The number of aromatic nitrogens is 2. The van der Waals surface area contributed by atoms with Gasteiger partial charge in [-0.15, -0.1) is 10.2 Å². The van der Waals surface area contributed by atoms with E-state index in [9.17, 15) is 0 Å². The van der Waals surface area contributed by atoms with Crippen molar-refractivity contribution in [3.8, 4) is 11.5 Å². The Hall–Kier alpha value is -2.94. The molecule has 0 bridgehead atoms. The lowest BCUT2D eigenvalue weighted by atomic mass is 10.0. The summed E-state index contributed by atoms with van der Waals surface area (Å²) in [6, 6.07) is 24.4. The molecular weight excluding hydrogens is 272 g/mol. The molecule has 0 N–H and O–H groups in total. The molecule has 0 aliphatic heterocycles. The fraction of sp³-hybridized carbons (Fsp3) is 0.0526. The SMILES string of the molecule is c1ccc(-c2nnc(Cc3cccc4ccccc34)o2)cc1. The highest BCUT2D eigenvalue weighted by Crippen LogP contribution is 2.23. The van der Waals surface area contributed by atoms with E-state index in [0.29, 0.717) is 18.2 Å². The standard InChI is InChI=1S/C19H14N2O/c1-2-8-15(9-3-1)19-21-20-18(22-19)13-16-11-6-10-14-7-4-5-12-17(14)16/h1-12H,13H2. The van der Waals surface area contributed by atoms with Crippen LogP contribution in [0.4, 0.5) is 0 Å². The van der Waals surface area contributed by atoms with E-state index in [4.69, 9.17) is 4.42 Å². The lowest BCUT2D eigenvalue weighted by molar-refractivity contribution is 0.518. The van der Waals surface area contributed by atoms with Gasteiger partial charge in [0.05, 0.1) is 6.42 Å². The number of rotatable bonds is 3. The van der Waals surface area contributed by atoms with Crippen molar-refractivity contribution in [2.45, 2.75) is 6.42 Å². The van der Waals surface area contributed by atoms with Gasteiger partial charge in [0.15, 0.2) is 0 Å². The van der Waals surface area contributed by atoms with Crippen LogP contribution in [0.15, 0.2) is 77.2 Å². The van der Waals surface area contributed by atoms with E-state index in [-0.39, 0.29) is 0 Å². The van der Waals surface area contributed by atoms with Gasteiger partial charge in [0, 0.05) is 5.56 Å². The van der Waals surface area contributed by atoms with Gasteiger partial charge < -0.3 is 4.42 Å². The fourth-order valence-electron chi connectivity index (χ4n) is 2.63.